The molecular formula is C54H56Br2N6O5. The van der Waals surface area contributed by atoms with Crippen molar-refractivity contribution < 1.29 is 24.6 Å². The summed E-state index contributed by atoms with van der Waals surface area (Å²) in [5.74, 6) is -1.11. The van der Waals surface area contributed by atoms with Gasteiger partial charge in [-0.3, -0.25) is 19.3 Å². The van der Waals surface area contributed by atoms with Crippen molar-refractivity contribution in [2.45, 2.75) is 102 Å². The van der Waals surface area contributed by atoms with E-state index < -0.39 is 15.2 Å². The fourth-order valence-corrected chi connectivity index (χ4v) is 9.00. The van der Waals surface area contributed by atoms with E-state index in [1.54, 1.807) is 4.90 Å². The third-order valence-electron chi connectivity index (χ3n) is 11.9. The number of unbranched alkanes of at least 4 members (excludes halogenated alkanes) is 6. The Hall–Kier alpha value is -6.05. The number of alkyl halides is 2. The van der Waals surface area contributed by atoms with E-state index in [0.29, 0.717) is 24.5 Å². The van der Waals surface area contributed by atoms with Gasteiger partial charge < -0.3 is 14.8 Å². The molecule has 8 rings (SSSR count). The van der Waals surface area contributed by atoms with Gasteiger partial charge in [0.25, 0.3) is 5.91 Å². The topological polar surface area (TPSA) is 151 Å². The van der Waals surface area contributed by atoms with Gasteiger partial charge in [-0.1, -0.05) is 177 Å². The van der Waals surface area contributed by atoms with Gasteiger partial charge in [-0.05, 0) is 59.4 Å². The molecule has 0 unspecified atom stereocenters. The molecule has 1 aliphatic heterocycles. The number of carbonyl (C=O) groups is 3. The van der Waals surface area contributed by atoms with Gasteiger partial charge in [0.2, 0.25) is 3.23 Å². The molecule has 0 radical (unpaired) electrons. The zero-order valence-corrected chi connectivity index (χ0v) is 41.6. The number of hydrogen-bond donors (Lipinski definition) is 2. The van der Waals surface area contributed by atoms with Crippen LogP contribution < -0.4 is 4.90 Å². The highest BCUT2D eigenvalue weighted by atomic mass is 79.9. The van der Waals surface area contributed by atoms with Crippen molar-refractivity contribution in [3.05, 3.63) is 137 Å². The number of anilines is 1. The van der Waals surface area contributed by atoms with Crippen LogP contribution in [0.5, 0.6) is 0 Å². The molecule has 0 atom stereocenters. The minimum atomic E-state index is -1.14. The Balaban J connectivity index is 0.000000200. The van der Waals surface area contributed by atoms with Crippen LogP contribution in [0.15, 0.2) is 109 Å². The molecule has 0 spiro atoms. The lowest BCUT2D eigenvalue weighted by Crippen LogP contribution is -2.34. The quantitative estimate of drug-likeness (QED) is 0.0632. The number of aliphatic carboxylic acids is 2. The monoisotopic (exact) mass is 1030 g/mol. The van der Waals surface area contributed by atoms with Gasteiger partial charge in [-0.15, -0.1) is 0 Å². The van der Waals surface area contributed by atoms with Crippen molar-refractivity contribution in [2.24, 2.45) is 0 Å². The zero-order valence-electron chi connectivity index (χ0n) is 38.4. The predicted molar refractivity (Wildman–Crippen MR) is 274 cm³/mol. The third kappa shape index (κ3) is 12.1. The van der Waals surface area contributed by atoms with Crippen LogP contribution in [0.1, 0.15) is 92.2 Å². The van der Waals surface area contributed by atoms with Crippen molar-refractivity contribution in [3.8, 4) is 45.0 Å². The predicted octanol–water partition coefficient (Wildman–Crippen LogP) is 13.2. The summed E-state index contributed by atoms with van der Waals surface area (Å²) < 4.78 is 1.02. The van der Waals surface area contributed by atoms with Crippen LogP contribution in [0.3, 0.4) is 0 Å². The smallest absolute Gasteiger partial charge is 0.303 e. The summed E-state index contributed by atoms with van der Waals surface area (Å²) in [6.45, 7) is 9.59. The van der Waals surface area contributed by atoms with Crippen LogP contribution in [-0.4, -0.2) is 59.1 Å². The van der Waals surface area contributed by atoms with Gasteiger partial charge in [0.1, 0.15) is 11.2 Å². The van der Waals surface area contributed by atoms with Crippen molar-refractivity contribution in [1.82, 2.24) is 24.5 Å². The van der Waals surface area contributed by atoms with Crippen LogP contribution in [0.4, 0.5) is 5.82 Å². The maximum atomic E-state index is 13.4. The Morgan fingerprint density at radius 3 is 1.34 bits per heavy atom. The number of benzene rings is 4. The molecule has 67 heavy (non-hydrogen) atoms. The molecule has 0 bridgehead atoms. The fraction of sp³-hybridized carbons (Fsp3) is 0.315. The number of rotatable bonds is 18. The average molecular weight is 1030 g/mol. The van der Waals surface area contributed by atoms with Crippen molar-refractivity contribution >= 4 is 66.7 Å². The Bertz CT molecular complexity index is 2840. The van der Waals surface area contributed by atoms with Gasteiger partial charge in [0.15, 0.2) is 11.5 Å². The molecule has 1 aliphatic rings. The molecule has 4 aromatic carbocycles. The fourth-order valence-electron chi connectivity index (χ4n) is 8.04. The summed E-state index contributed by atoms with van der Waals surface area (Å²) in [4.78, 5) is 56.6. The maximum absolute atomic E-state index is 13.4. The lowest BCUT2D eigenvalue weighted by atomic mass is 10.0. The van der Waals surface area contributed by atoms with Gasteiger partial charge in [-0.2, -0.15) is 0 Å². The van der Waals surface area contributed by atoms with Crippen molar-refractivity contribution in [2.75, 3.05) is 11.4 Å². The standard InChI is InChI=1S/C27H27Br2N3O3.C27H29N3O2/c1-17-8-12-19(13-9-17)22-23(20-14-10-18(2)11-15-20)31-25-24(30-22)27(28,29)26(35)32(25)16-6-4-3-5-7-21(33)34;1-19-8-12-21(13-9-19)25-26(22-14-10-20(2)11-15-22)29-27-23(28-25)16-18-30(27)17-6-4-3-5-7-24(31)32/h8-15H,3-7,16H2,1-2H3,(H,33,34);8-16,18H,3-7,17H2,1-2H3,(H,31,32). The van der Waals surface area contributed by atoms with Gasteiger partial charge >= 0.3 is 11.9 Å². The van der Waals surface area contributed by atoms with E-state index in [-0.39, 0.29) is 18.7 Å². The minimum Gasteiger partial charge on any atom is -0.481 e. The van der Waals surface area contributed by atoms with Gasteiger partial charge in [-0.25, -0.2) is 19.9 Å². The molecular weight excluding hydrogens is 972 g/mol. The lowest BCUT2D eigenvalue weighted by Gasteiger charge is -2.18. The number of carboxylic acid groups (broad SMARTS) is 2. The van der Waals surface area contributed by atoms with E-state index in [2.05, 4.69) is 105 Å². The lowest BCUT2D eigenvalue weighted by molar-refractivity contribution is -0.138. The largest absolute Gasteiger partial charge is 0.481 e. The number of halogens is 2. The Labute approximate surface area is 409 Å². The number of carboxylic acids is 2. The summed E-state index contributed by atoms with van der Waals surface area (Å²) in [6.07, 6.45) is 9.18. The minimum absolute atomic E-state index is 0.158. The first-order valence-electron chi connectivity index (χ1n) is 22.9. The SMILES string of the molecule is Cc1ccc(-c2nc3c(nc2-c2ccc(C)cc2)C(Br)(Br)C(=O)N3CCCCCCC(=O)O)cc1.Cc1ccc(-c2nc3ccn(CCCCCCC(=O)O)c3nc2-c2ccc(C)cc2)cc1. The molecule has 0 saturated heterocycles. The molecule has 11 nitrogen and oxygen atoms in total. The highest BCUT2D eigenvalue weighted by Crippen LogP contribution is 2.50. The van der Waals surface area contributed by atoms with E-state index >= 15 is 0 Å². The average Bonchev–Trinajstić information content (AvgIpc) is 3.79. The van der Waals surface area contributed by atoms with E-state index in [1.807, 2.05) is 68.4 Å². The maximum Gasteiger partial charge on any atom is 0.303 e. The molecule has 0 saturated carbocycles. The van der Waals surface area contributed by atoms with E-state index in [0.717, 1.165) is 119 Å². The number of amides is 1. The van der Waals surface area contributed by atoms with Crippen LogP contribution in [0.2, 0.25) is 0 Å². The number of aromatic nitrogens is 5. The molecule has 0 aliphatic carbocycles. The van der Waals surface area contributed by atoms with Crippen molar-refractivity contribution in [1.29, 1.82) is 0 Å². The number of carbonyl (C=O) groups excluding carboxylic acids is 1. The van der Waals surface area contributed by atoms with E-state index in [4.69, 9.17) is 30.1 Å². The zero-order chi connectivity index (χ0) is 47.7. The second-order valence-electron chi connectivity index (χ2n) is 17.3. The van der Waals surface area contributed by atoms with E-state index in [9.17, 15) is 14.4 Å². The summed E-state index contributed by atoms with van der Waals surface area (Å²) >= 11 is 7.13. The number of nitrogens with zero attached hydrogens (tertiary/aromatic N) is 6. The molecule has 346 valence electrons. The summed E-state index contributed by atoms with van der Waals surface area (Å²) in [6, 6.07) is 35.2. The first kappa shape index (κ1) is 48.9. The van der Waals surface area contributed by atoms with Crippen LogP contribution in [0, 0.1) is 27.7 Å². The highest BCUT2D eigenvalue weighted by molar-refractivity contribution is 9.25. The normalized spacial score (nSPS) is 12.8. The van der Waals surface area contributed by atoms with Gasteiger partial charge in [0, 0.05) is 54.4 Å². The molecule has 0 fully saturated rings. The molecule has 1 amide bonds. The number of aryl methyl sites for hydroxylation is 5. The Morgan fingerprint density at radius 1 is 0.507 bits per heavy atom. The summed E-state index contributed by atoms with van der Waals surface area (Å²) in [7, 11) is 0. The molecule has 3 aromatic heterocycles. The van der Waals surface area contributed by atoms with Crippen LogP contribution in [-0.2, 0) is 24.2 Å². The molecule has 13 heteroatoms. The molecule has 4 heterocycles. The second-order valence-corrected chi connectivity index (χ2v) is 20.8. The third-order valence-corrected chi connectivity index (χ3v) is 13.3. The molecule has 7 aromatic rings. The Morgan fingerprint density at radius 2 is 0.896 bits per heavy atom. The van der Waals surface area contributed by atoms with Crippen molar-refractivity contribution in [3.63, 3.8) is 0 Å². The highest BCUT2D eigenvalue weighted by Gasteiger charge is 2.50. The van der Waals surface area contributed by atoms with Crippen LogP contribution in [0.25, 0.3) is 56.2 Å². The summed E-state index contributed by atoms with van der Waals surface area (Å²) in [5, 5.41) is 17.6. The second kappa shape index (κ2) is 22.2. The first-order chi connectivity index (χ1) is 32.2. The Kier molecular flexibility index (Phi) is 16.2. The molecule has 2 N–H and O–H groups in total. The summed E-state index contributed by atoms with van der Waals surface area (Å²) in [5.41, 5.74) is 14.3. The first-order valence-corrected chi connectivity index (χ1v) is 24.5. The number of fused-ring (bicyclic) bond motifs is 2. The van der Waals surface area contributed by atoms with Crippen LogP contribution >= 0.6 is 31.9 Å². The van der Waals surface area contributed by atoms with E-state index in [1.165, 1.54) is 11.1 Å². The van der Waals surface area contributed by atoms with Gasteiger partial charge in [0.05, 0.1) is 22.8 Å². The number of hydrogen-bond acceptors (Lipinski definition) is 7.